The summed E-state index contributed by atoms with van der Waals surface area (Å²) in [6.45, 7) is 7.79. The fourth-order valence-corrected chi connectivity index (χ4v) is 12.1. The van der Waals surface area contributed by atoms with E-state index in [0.29, 0.717) is 5.92 Å². The van der Waals surface area contributed by atoms with Gasteiger partial charge in [0.05, 0.1) is 0 Å². The van der Waals surface area contributed by atoms with Gasteiger partial charge in [0.15, 0.2) is 0 Å². The van der Waals surface area contributed by atoms with Gasteiger partial charge in [0.1, 0.15) is 0 Å². The molecule has 184 valence electrons. The first-order valence-electron chi connectivity index (χ1n) is 13.3. The first-order valence-corrected chi connectivity index (χ1v) is 16.3. The third kappa shape index (κ3) is 5.09. The van der Waals surface area contributed by atoms with Crippen molar-refractivity contribution in [3.05, 3.63) is 121 Å². The van der Waals surface area contributed by atoms with Gasteiger partial charge in [-0.25, -0.2) is 0 Å². The Morgan fingerprint density at radius 2 is 0.889 bits per heavy atom. The van der Waals surface area contributed by atoms with E-state index >= 15 is 0 Å². The number of rotatable bonds is 8. The van der Waals surface area contributed by atoms with Gasteiger partial charge >= 0.3 is 0 Å². The van der Waals surface area contributed by atoms with Crippen molar-refractivity contribution in [1.29, 1.82) is 0 Å². The van der Waals surface area contributed by atoms with Gasteiger partial charge in [-0.05, 0) is 79.0 Å². The van der Waals surface area contributed by atoms with Crippen LogP contribution in [0.3, 0.4) is 0 Å². The van der Waals surface area contributed by atoms with Crippen LogP contribution in [-0.4, -0.2) is 12.3 Å². The summed E-state index contributed by atoms with van der Waals surface area (Å²) in [6.07, 6.45) is 5.15. The van der Waals surface area contributed by atoms with E-state index in [1.165, 1.54) is 46.4 Å². The molecule has 0 N–H and O–H groups in total. The average molecular weight is 509 g/mol. The molecule has 4 aromatic carbocycles. The Balaban J connectivity index is 1.53. The van der Waals surface area contributed by atoms with Crippen molar-refractivity contribution in [2.45, 2.75) is 33.6 Å². The Kier molecular flexibility index (Phi) is 7.76. The Morgan fingerprint density at radius 1 is 0.556 bits per heavy atom. The molecule has 36 heavy (non-hydrogen) atoms. The van der Waals surface area contributed by atoms with Crippen LogP contribution in [0.2, 0.25) is 0 Å². The van der Waals surface area contributed by atoms with Crippen LogP contribution in [0.15, 0.2) is 121 Å². The van der Waals surface area contributed by atoms with Crippen LogP contribution in [-0.2, 0) is 0 Å². The van der Waals surface area contributed by atoms with Crippen LogP contribution in [0.5, 0.6) is 0 Å². The molecule has 0 aliphatic heterocycles. The molecule has 1 aliphatic rings. The van der Waals surface area contributed by atoms with Crippen LogP contribution < -0.4 is 21.2 Å². The molecule has 1 saturated carbocycles. The molecule has 3 atom stereocenters. The minimum Gasteiger partial charge on any atom is -0.0622 e. The summed E-state index contributed by atoms with van der Waals surface area (Å²) in [7, 11) is -0.836. The standard InChI is InChI=1S/C34H38P2/c1-28-24-25-33(2,26-35(29-16-8-4-9-17-29)30-18-10-5-11-19-30)34(28,3)27-36(31-20-12-6-13-21-31)32-22-14-7-15-23-32/h4-23,28H,24-27H2,1-3H3/t28-,33-,34?/m0/s1. The maximum atomic E-state index is 2.63. The monoisotopic (exact) mass is 508 g/mol. The molecule has 0 amide bonds. The Hall–Kier alpha value is -2.26. The van der Waals surface area contributed by atoms with E-state index < -0.39 is 15.8 Å². The zero-order valence-corrected chi connectivity index (χ0v) is 23.6. The van der Waals surface area contributed by atoms with E-state index in [4.69, 9.17) is 0 Å². The molecular formula is C34H38P2. The van der Waals surface area contributed by atoms with E-state index in [1.54, 1.807) is 0 Å². The Morgan fingerprint density at radius 3 is 1.25 bits per heavy atom. The highest BCUT2D eigenvalue weighted by Crippen LogP contribution is 2.63. The molecule has 0 spiro atoms. The van der Waals surface area contributed by atoms with Crippen molar-refractivity contribution in [3.8, 4) is 0 Å². The van der Waals surface area contributed by atoms with Crippen molar-refractivity contribution in [3.63, 3.8) is 0 Å². The maximum absolute atomic E-state index is 2.63. The predicted octanol–water partition coefficient (Wildman–Crippen LogP) is 7.69. The molecule has 0 saturated heterocycles. The predicted molar refractivity (Wildman–Crippen MR) is 162 cm³/mol. The summed E-state index contributed by atoms with van der Waals surface area (Å²) in [5, 5.41) is 6.04. The highest BCUT2D eigenvalue weighted by molar-refractivity contribution is 7.73. The second-order valence-corrected chi connectivity index (χ2v) is 15.3. The van der Waals surface area contributed by atoms with Crippen LogP contribution >= 0.6 is 15.8 Å². The topological polar surface area (TPSA) is 0 Å². The Bertz CT molecular complexity index is 1150. The molecule has 0 aromatic heterocycles. The highest BCUT2D eigenvalue weighted by atomic mass is 31.1. The lowest BCUT2D eigenvalue weighted by Gasteiger charge is -2.48. The second-order valence-electron chi connectivity index (χ2n) is 10.9. The summed E-state index contributed by atoms with van der Waals surface area (Å²) < 4.78 is 0. The molecule has 0 radical (unpaired) electrons. The molecular weight excluding hydrogens is 470 g/mol. The van der Waals surface area contributed by atoms with E-state index in [-0.39, 0.29) is 10.8 Å². The number of hydrogen-bond acceptors (Lipinski definition) is 0. The van der Waals surface area contributed by atoms with Gasteiger partial charge in [-0.2, -0.15) is 0 Å². The van der Waals surface area contributed by atoms with Gasteiger partial charge in [-0.15, -0.1) is 0 Å². The number of benzene rings is 4. The minimum absolute atomic E-state index is 0.272. The van der Waals surface area contributed by atoms with Gasteiger partial charge in [0.25, 0.3) is 0 Å². The third-order valence-electron chi connectivity index (χ3n) is 8.86. The average Bonchev–Trinajstić information content (AvgIpc) is 3.16. The lowest BCUT2D eigenvalue weighted by atomic mass is 9.67. The summed E-state index contributed by atoms with van der Waals surface area (Å²) in [5.74, 6) is 0.711. The molecule has 1 aliphatic carbocycles. The lowest BCUT2D eigenvalue weighted by molar-refractivity contribution is 0.125. The summed E-state index contributed by atoms with van der Waals surface area (Å²) in [6, 6.07) is 45.2. The van der Waals surface area contributed by atoms with Crippen molar-refractivity contribution < 1.29 is 0 Å². The molecule has 0 bridgehead atoms. The van der Waals surface area contributed by atoms with Gasteiger partial charge in [0.2, 0.25) is 0 Å². The number of hydrogen-bond donors (Lipinski definition) is 0. The molecule has 0 heterocycles. The largest absolute Gasteiger partial charge is 0.0622 e. The van der Waals surface area contributed by atoms with Crippen LogP contribution in [0, 0.1) is 16.7 Å². The fraction of sp³-hybridized carbons (Fsp3) is 0.294. The van der Waals surface area contributed by atoms with Gasteiger partial charge < -0.3 is 0 Å². The minimum atomic E-state index is -0.422. The molecule has 5 rings (SSSR count). The smallest absolute Gasteiger partial charge is 0.0183 e. The first-order chi connectivity index (χ1) is 17.5. The van der Waals surface area contributed by atoms with Crippen LogP contribution in [0.4, 0.5) is 0 Å². The zero-order chi connectivity index (χ0) is 25.0. The summed E-state index contributed by atoms with van der Waals surface area (Å²) >= 11 is 0. The van der Waals surface area contributed by atoms with E-state index in [2.05, 4.69) is 142 Å². The lowest BCUT2D eigenvalue weighted by Crippen LogP contribution is -2.43. The van der Waals surface area contributed by atoms with Crippen LogP contribution in [0.1, 0.15) is 33.6 Å². The zero-order valence-electron chi connectivity index (χ0n) is 21.8. The van der Waals surface area contributed by atoms with Crippen LogP contribution in [0.25, 0.3) is 0 Å². The van der Waals surface area contributed by atoms with Gasteiger partial charge in [-0.1, -0.05) is 142 Å². The van der Waals surface area contributed by atoms with Gasteiger partial charge in [-0.3, -0.25) is 0 Å². The molecule has 4 aromatic rings. The van der Waals surface area contributed by atoms with Gasteiger partial charge in [0, 0.05) is 0 Å². The van der Waals surface area contributed by atoms with Crippen molar-refractivity contribution in [2.75, 3.05) is 12.3 Å². The highest BCUT2D eigenvalue weighted by Gasteiger charge is 2.54. The van der Waals surface area contributed by atoms with E-state index in [0.717, 1.165) is 0 Å². The maximum Gasteiger partial charge on any atom is -0.0183 e. The molecule has 1 unspecified atom stereocenters. The first kappa shape index (κ1) is 25.4. The molecule has 2 heteroatoms. The third-order valence-corrected chi connectivity index (χ3v) is 14.5. The van der Waals surface area contributed by atoms with Crippen molar-refractivity contribution >= 4 is 37.1 Å². The SMILES string of the molecule is C[C@H]1CC[C@@](C)(CP(c2ccccc2)c2ccccc2)C1(C)CP(c1ccccc1)c1ccccc1. The normalized spacial score (nSPS) is 23.9. The van der Waals surface area contributed by atoms with E-state index in [9.17, 15) is 0 Å². The fourth-order valence-electron chi connectivity index (χ4n) is 6.11. The van der Waals surface area contributed by atoms with Crippen molar-refractivity contribution in [1.82, 2.24) is 0 Å². The summed E-state index contributed by atoms with van der Waals surface area (Å²) in [4.78, 5) is 0. The van der Waals surface area contributed by atoms with E-state index in [1.807, 2.05) is 0 Å². The second kappa shape index (κ2) is 11.0. The summed E-state index contributed by atoms with van der Waals surface area (Å²) in [5.41, 5.74) is 0.558. The Labute approximate surface area is 220 Å². The molecule has 1 fully saturated rings. The quantitative estimate of drug-likeness (QED) is 0.214. The molecule has 0 nitrogen and oxygen atoms in total. The van der Waals surface area contributed by atoms with Crippen molar-refractivity contribution in [2.24, 2.45) is 16.7 Å².